The van der Waals surface area contributed by atoms with Crippen LogP contribution in [-0.4, -0.2) is 17.4 Å². The van der Waals surface area contributed by atoms with Crippen molar-refractivity contribution < 1.29 is 14.5 Å². The summed E-state index contributed by atoms with van der Waals surface area (Å²) in [5, 5.41) is 13.5. The summed E-state index contributed by atoms with van der Waals surface area (Å²) in [6, 6.07) is 22.6. The summed E-state index contributed by atoms with van der Waals surface area (Å²) in [5.74, 6) is 0.337. The minimum Gasteiger partial charge on any atom is -0.493 e. The van der Waals surface area contributed by atoms with Crippen molar-refractivity contribution in [2.45, 2.75) is 6.42 Å². The molecule has 0 radical (unpaired) electrons. The highest BCUT2D eigenvalue weighted by atomic mass is 16.6. The first kappa shape index (κ1) is 18.1. The number of anilines is 1. The number of rotatable bonds is 7. The molecule has 6 nitrogen and oxygen atoms in total. The van der Waals surface area contributed by atoms with E-state index in [-0.39, 0.29) is 11.6 Å². The maximum absolute atomic E-state index is 12.3. The molecular weight excluding hydrogens is 344 g/mol. The lowest BCUT2D eigenvalue weighted by Crippen LogP contribution is -2.12. The zero-order valence-corrected chi connectivity index (χ0v) is 14.5. The second-order valence-corrected chi connectivity index (χ2v) is 5.87. The van der Waals surface area contributed by atoms with Crippen LogP contribution in [0, 0.1) is 10.1 Å². The Hall–Kier alpha value is -3.67. The van der Waals surface area contributed by atoms with Crippen LogP contribution in [0.5, 0.6) is 5.75 Å². The quantitative estimate of drug-likeness (QED) is 0.497. The molecule has 0 heterocycles. The molecule has 3 rings (SSSR count). The fourth-order valence-electron chi connectivity index (χ4n) is 2.53. The van der Waals surface area contributed by atoms with Crippen LogP contribution in [0.25, 0.3) is 0 Å². The van der Waals surface area contributed by atoms with Gasteiger partial charge in [-0.3, -0.25) is 14.9 Å². The number of carbonyl (C=O) groups excluding carboxylic acids is 1. The van der Waals surface area contributed by atoms with Gasteiger partial charge in [0, 0.05) is 29.8 Å². The molecule has 0 atom stereocenters. The molecule has 0 bridgehead atoms. The minimum absolute atomic E-state index is 0.0741. The summed E-state index contributed by atoms with van der Waals surface area (Å²) < 4.78 is 5.70. The highest BCUT2D eigenvalue weighted by Gasteiger charge is 2.10. The smallest absolute Gasteiger partial charge is 0.271 e. The van der Waals surface area contributed by atoms with E-state index in [1.54, 1.807) is 30.3 Å². The lowest BCUT2D eigenvalue weighted by Gasteiger charge is -2.08. The van der Waals surface area contributed by atoms with Crippen LogP contribution >= 0.6 is 0 Å². The van der Waals surface area contributed by atoms with Crippen molar-refractivity contribution in [3.8, 4) is 5.75 Å². The fraction of sp³-hybridized carbons (Fsp3) is 0.0952. The third-order valence-corrected chi connectivity index (χ3v) is 3.93. The monoisotopic (exact) mass is 362 g/mol. The van der Waals surface area contributed by atoms with Gasteiger partial charge in [0.25, 0.3) is 11.6 Å². The van der Waals surface area contributed by atoms with E-state index in [2.05, 4.69) is 5.32 Å². The predicted molar refractivity (Wildman–Crippen MR) is 103 cm³/mol. The normalized spacial score (nSPS) is 10.2. The molecule has 6 heteroatoms. The number of benzene rings is 3. The molecule has 3 aromatic rings. The topological polar surface area (TPSA) is 81.5 Å². The lowest BCUT2D eigenvalue weighted by molar-refractivity contribution is -0.384. The third-order valence-electron chi connectivity index (χ3n) is 3.93. The van der Waals surface area contributed by atoms with Gasteiger partial charge in [0.05, 0.1) is 11.5 Å². The van der Waals surface area contributed by atoms with E-state index >= 15 is 0 Å². The van der Waals surface area contributed by atoms with Crippen LogP contribution in [0.2, 0.25) is 0 Å². The van der Waals surface area contributed by atoms with Gasteiger partial charge in [-0.1, -0.05) is 36.4 Å². The van der Waals surface area contributed by atoms with Crippen LogP contribution in [0.15, 0.2) is 78.9 Å². The van der Waals surface area contributed by atoms with E-state index in [9.17, 15) is 14.9 Å². The SMILES string of the molecule is O=C(Nc1cccc([N+](=O)[O-])c1)c1ccc(OCCc2ccccc2)cc1. The molecule has 0 saturated heterocycles. The van der Waals surface area contributed by atoms with E-state index in [4.69, 9.17) is 4.74 Å². The molecule has 27 heavy (non-hydrogen) atoms. The average molecular weight is 362 g/mol. The number of ether oxygens (including phenoxy) is 1. The van der Waals surface area contributed by atoms with Crippen molar-refractivity contribution in [1.29, 1.82) is 0 Å². The van der Waals surface area contributed by atoms with E-state index in [0.29, 0.717) is 23.6 Å². The van der Waals surface area contributed by atoms with Gasteiger partial charge in [0.15, 0.2) is 0 Å². The Kier molecular flexibility index (Phi) is 5.79. The average Bonchev–Trinajstić information content (AvgIpc) is 2.69. The number of nitrogens with zero attached hydrogens (tertiary/aromatic N) is 1. The number of hydrogen-bond acceptors (Lipinski definition) is 4. The van der Waals surface area contributed by atoms with E-state index < -0.39 is 4.92 Å². The van der Waals surface area contributed by atoms with Crippen molar-refractivity contribution in [3.63, 3.8) is 0 Å². The molecule has 0 aliphatic carbocycles. The summed E-state index contributed by atoms with van der Waals surface area (Å²) in [6.07, 6.45) is 0.801. The fourth-order valence-corrected chi connectivity index (χ4v) is 2.53. The van der Waals surface area contributed by atoms with Crippen molar-refractivity contribution in [2.24, 2.45) is 0 Å². The first-order valence-electron chi connectivity index (χ1n) is 8.44. The Balaban J connectivity index is 1.55. The first-order chi connectivity index (χ1) is 13.1. The number of nitro groups is 1. The van der Waals surface area contributed by atoms with Crippen LogP contribution in [-0.2, 0) is 6.42 Å². The number of nitro benzene ring substituents is 1. The Morgan fingerprint density at radius 1 is 0.963 bits per heavy atom. The largest absolute Gasteiger partial charge is 0.493 e. The Morgan fingerprint density at radius 3 is 2.41 bits per heavy atom. The molecule has 1 amide bonds. The molecule has 0 spiro atoms. The maximum Gasteiger partial charge on any atom is 0.271 e. The molecule has 0 saturated carbocycles. The van der Waals surface area contributed by atoms with Gasteiger partial charge >= 0.3 is 0 Å². The number of carbonyl (C=O) groups is 1. The molecule has 0 unspecified atom stereocenters. The Labute approximate surface area is 156 Å². The van der Waals surface area contributed by atoms with Gasteiger partial charge in [-0.05, 0) is 35.9 Å². The van der Waals surface area contributed by atoms with Crippen LogP contribution in [0.1, 0.15) is 15.9 Å². The first-order valence-corrected chi connectivity index (χ1v) is 8.44. The lowest BCUT2D eigenvalue weighted by atomic mass is 10.1. The summed E-state index contributed by atoms with van der Waals surface area (Å²) in [7, 11) is 0. The zero-order valence-electron chi connectivity index (χ0n) is 14.5. The molecule has 0 fully saturated rings. The van der Waals surface area contributed by atoms with Crippen LogP contribution in [0.4, 0.5) is 11.4 Å². The van der Waals surface area contributed by atoms with E-state index in [0.717, 1.165) is 6.42 Å². The van der Waals surface area contributed by atoms with Gasteiger partial charge in [-0.2, -0.15) is 0 Å². The number of non-ortho nitro benzene ring substituents is 1. The van der Waals surface area contributed by atoms with Gasteiger partial charge < -0.3 is 10.1 Å². The molecule has 0 aliphatic rings. The minimum atomic E-state index is -0.503. The number of hydrogen-bond donors (Lipinski definition) is 1. The molecule has 0 aromatic heterocycles. The maximum atomic E-state index is 12.3. The van der Waals surface area contributed by atoms with Crippen molar-refractivity contribution >= 4 is 17.3 Å². The molecule has 3 aromatic carbocycles. The van der Waals surface area contributed by atoms with Gasteiger partial charge in [-0.25, -0.2) is 0 Å². The number of amides is 1. The molecule has 0 aliphatic heterocycles. The van der Waals surface area contributed by atoms with Crippen molar-refractivity contribution in [3.05, 3.63) is 100 Å². The van der Waals surface area contributed by atoms with E-state index in [1.807, 2.05) is 30.3 Å². The Bertz CT molecular complexity index is 924. The standard InChI is InChI=1S/C21H18N2O4/c24-21(22-18-7-4-8-19(15-18)23(25)26)17-9-11-20(12-10-17)27-14-13-16-5-2-1-3-6-16/h1-12,15H,13-14H2,(H,22,24). The molecule has 1 N–H and O–H groups in total. The second-order valence-electron chi connectivity index (χ2n) is 5.87. The van der Waals surface area contributed by atoms with Gasteiger partial charge in [-0.15, -0.1) is 0 Å². The van der Waals surface area contributed by atoms with Crippen molar-refractivity contribution in [1.82, 2.24) is 0 Å². The summed E-state index contributed by atoms with van der Waals surface area (Å²) in [6.45, 7) is 0.545. The molecule has 136 valence electrons. The summed E-state index contributed by atoms with van der Waals surface area (Å²) >= 11 is 0. The Morgan fingerprint density at radius 2 is 1.70 bits per heavy atom. The van der Waals surface area contributed by atoms with Crippen molar-refractivity contribution in [2.75, 3.05) is 11.9 Å². The highest BCUT2D eigenvalue weighted by Crippen LogP contribution is 2.19. The third kappa shape index (κ3) is 5.15. The van der Waals surface area contributed by atoms with Gasteiger partial charge in [0.2, 0.25) is 0 Å². The van der Waals surface area contributed by atoms with Crippen LogP contribution < -0.4 is 10.1 Å². The van der Waals surface area contributed by atoms with Crippen LogP contribution in [0.3, 0.4) is 0 Å². The second kappa shape index (κ2) is 8.62. The zero-order chi connectivity index (χ0) is 19.1. The predicted octanol–water partition coefficient (Wildman–Crippen LogP) is 4.47. The summed E-state index contributed by atoms with van der Waals surface area (Å²) in [4.78, 5) is 22.6. The number of nitrogens with one attached hydrogen (secondary N) is 1. The van der Waals surface area contributed by atoms with E-state index in [1.165, 1.54) is 23.8 Å². The summed E-state index contributed by atoms with van der Waals surface area (Å²) in [5.41, 5.74) is 1.94. The molecular formula is C21H18N2O4. The van der Waals surface area contributed by atoms with Gasteiger partial charge in [0.1, 0.15) is 5.75 Å². The highest BCUT2D eigenvalue weighted by molar-refractivity contribution is 6.04.